The maximum Gasteiger partial charge on any atom is 0.180 e. The molecule has 1 fully saturated rings. The normalized spacial score (nSPS) is 19.2. The molecule has 6 nitrogen and oxygen atoms in total. The first-order chi connectivity index (χ1) is 11.0. The molecule has 0 radical (unpaired) electrons. The molecule has 23 heavy (non-hydrogen) atoms. The molecule has 1 aliphatic heterocycles. The lowest BCUT2D eigenvalue weighted by Gasteiger charge is -2.29. The van der Waals surface area contributed by atoms with E-state index in [-0.39, 0.29) is 11.9 Å². The Balaban J connectivity index is 1.81. The Morgan fingerprint density at radius 2 is 2.17 bits per heavy atom. The number of hydrogen-bond donors (Lipinski definition) is 1. The molecule has 0 aromatic carbocycles. The van der Waals surface area contributed by atoms with Crippen LogP contribution in [0, 0.1) is 20.8 Å². The average Bonchev–Trinajstić information content (AvgIpc) is 3.02. The van der Waals surface area contributed by atoms with Crippen LogP contribution in [0.25, 0.3) is 5.82 Å². The predicted octanol–water partition coefficient (Wildman–Crippen LogP) is 2.03. The van der Waals surface area contributed by atoms with Gasteiger partial charge in [0.1, 0.15) is 5.76 Å². The Hall–Kier alpha value is -1.92. The Bertz CT molecular complexity index is 717. The average molecular weight is 317 g/mol. The number of piperidine rings is 1. The van der Waals surface area contributed by atoms with E-state index in [2.05, 4.69) is 5.16 Å². The van der Waals surface area contributed by atoms with Gasteiger partial charge < -0.3 is 9.63 Å². The molecule has 0 bridgehead atoms. The number of aromatic nitrogens is 2. The zero-order valence-corrected chi connectivity index (χ0v) is 13.9. The monoisotopic (exact) mass is 317 g/mol. The van der Waals surface area contributed by atoms with Crippen molar-refractivity contribution in [2.75, 3.05) is 19.6 Å². The van der Waals surface area contributed by atoms with Gasteiger partial charge in [-0.05, 0) is 46.2 Å². The van der Waals surface area contributed by atoms with Crippen LogP contribution in [0.2, 0.25) is 0 Å². The fourth-order valence-corrected chi connectivity index (χ4v) is 3.32. The van der Waals surface area contributed by atoms with E-state index < -0.39 is 0 Å². The standard InChI is InChI=1S/C17H23N3O3/c1-11-7-15(13(3)20(11)17-8-12(2)23-18-17)16(22)10-19-6-4-5-14(21)9-19/h7-8,14,21H,4-6,9-10H2,1-3H3. The molecule has 6 heteroatoms. The van der Waals surface area contributed by atoms with Gasteiger partial charge in [-0.2, -0.15) is 0 Å². The zero-order chi connectivity index (χ0) is 16.6. The number of ketones is 1. The second-order valence-corrected chi connectivity index (χ2v) is 6.37. The zero-order valence-electron chi connectivity index (χ0n) is 13.9. The number of rotatable bonds is 4. The maximum absolute atomic E-state index is 12.7. The van der Waals surface area contributed by atoms with E-state index in [0.717, 1.165) is 36.5 Å². The number of aliphatic hydroxyl groups excluding tert-OH is 1. The molecule has 3 heterocycles. The highest BCUT2D eigenvalue weighted by Gasteiger charge is 2.23. The molecule has 0 saturated carbocycles. The molecule has 0 spiro atoms. The quantitative estimate of drug-likeness (QED) is 0.874. The van der Waals surface area contributed by atoms with E-state index in [4.69, 9.17) is 4.52 Å². The maximum atomic E-state index is 12.7. The van der Waals surface area contributed by atoms with Gasteiger partial charge in [-0.1, -0.05) is 5.16 Å². The SMILES string of the molecule is Cc1cc(-n2c(C)cc(C(=O)CN3CCCC(O)C3)c2C)no1. The van der Waals surface area contributed by atoms with Crippen molar-refractivity contribution >= 4 is 5.78 Å². The van der Waals surface area contributed by atoms with Crippen molar-refractivity contribution in [3.8, 4) is 5.82 Å². The number of β-amino-alcohol motifs (C(OH)–C–C–N with tert-alkyl or cyclic N) is 1. The van der Waals surface area contributed by atoms with Gasteiger partial charge in [0.05, 0.1) is 12.6 Å². The lowest BCUT2D eigenvalue weighted by Crippen LogP contribution is -2.41. The molecular formula is C17H23N3O3. The van der Waals surface area contributed by atoms with Crippen LogP contribution in [0.1, 0.15) is 40.3 Å². The Morgan fingerprint density at radius 1 is 1.39 bits per heavy atom. The summed E-state index contributed by atoms with van der Waals surface area (Å²) in [5.41, 5.74) is 2.54. The second-order valence-electron chi connectivity index (χ2n) is 6.37. The Labute approximate surface area is 135 Å². The summed E-state index contributed by atoms with van der Waals surface area (Å²) in [7, 11) is 0. The third-order valence-electron chi connectivity index (χ3n) is 4.42. The molecule has 1 atom stereocenters. The summed E-state index contributed by atoms with van der Waals surface area (Å²) in [6, 6.07) is 3.76. The molecule has 1 saturated heterocycles. The van der Waals surface area contributed by atoms with Gasteiger partial charge in [-0.3, -0.25) is 14.3 Å². The third kappa shape index (κ3) is 3.23. The molecule has 3 rings (SSSR count). The van der Waals surface area contributed by atoms with Crippen molar-refractivity contribution in [1.82, 2.24) is 14.6 Å². The van der Waals surface area contributed by atoms with Crippen molar-refractivity contribution in [3.05, 3.63) is 34.8 Å². The second kappa shape index (κ2) is 6.29. The fraction of sp³-hybridized carbons (Fsp3) is 0.529. The van der Waals surface area contributed by atoms with Crippen molar-refractivity contribution < 1.29 is 14.4 Å². The third-order valence-corrected chi connectivity index (χ3v) is 4.42. The molecule has 1 N–H and O–H groups in total. The van der Waals surface area contributed by atoms with Crippen LogP contribution < -0.4 is 0 Å². The van der Waals surface area contributed by atoms with Crippen LogP contribution in [0.5, 0.6) is 0 Å². The Kier molecular flexibility index (Phi) is 4.37. The first kappa shape index (κ1) is 16.0. The summed E-state index contributed by atoms with van der Waals surface area (Å²) in [6.07, 6.45) is 1.44. The van der Waals surface area contributed by atoms with Crippen molar-refractivity contribution in [3.63, 3.8) is 0 Å². The van der Waals surface area contributed by atoms with Crippen LogP contribution in [0.15, 0.2) is 16.7 Å². The summed E-state index contributed by atoms with van der Waals surface area (Å²) in [4.78, 5) is 14.7. The van der Waals surface area contributed by atoms with Gasteiger partial charge in [-0.15, -0.1) is 0 Å². The number of aryl methyl sites for hydroxylation is 2. The van der Waals surface area contributed by atoms with Crippen LogP contribution in [0.4, 0.5) is 0 Å². The summed E-state index contributed by atoms with van der Waals surface area (Å²) in [5.74, 6) is 1.52. The van der Waals surface area contributed by atoms with Crippen molar-refractivity contribution in [2.24, 2.45) is 0 Å². The molecule has 2 aromatic heterocycles. The molecule has 124 valence electrons. The van der Waals surface area contributed by atoms with Gasteiger partial charge in [0.15, 0.2) is 11.6 Å². The lowest BCUT2D eigenvalue weighted by molar-refractivity contribution is 0.0634. The minimum Gasteiger partial charge on any atom is -0.392 e. The highest BCUT2D eigenvalue weighted by atomic mass is 16.5. The predicted molar refractivity (Wildman–Crippen MR) is 86.1 cm³/mol. The summed E-state index contributed by atoms with van der Waals surface area (Å²) in [6.45, 7) is 7.52. The molecule has 1 aliphatic rings. The molecule has 0 aliphatic carbocycles. The van der Waals surface area contributed by atoms with E-state index in [0.29, 0.717) is 24.5 Å². The molecule has 1 unspecified atom stereocenters. The number of Topliss-reactive ketones (excluding diaryl/α,β-unsaturated/α-hetero) is 1. The highest BCUT2D eigenvalue weighted by Crippen LogP contribution is 2.22. The van der Waals surface area contributed by atoms with Gasteiger partial charge in [-0.25, -0.2) is 0 Å². The first-order valence-corrected chi connectivity index (χ1v) is 8.02. The van der Waals surface area contributed by atoms with E-state index in [9.17, 15) is 9.90 Å². The largest absolute Gasteiger partial charge is 0.392 e. The highest BCUT2D eigenvalue weighted by molar-refractivity contribution is 5.99. The smallest absolute Gasteiger partial charge is 0.180 e. The van der Waals surface area contributed by atoms with Gasteiger partial charge in [0.2, 0.25) is 0 Å². The number of nitrogens with zero attached hydrogens (tertiary/aromatic N) is 3. The number of carbonyl (C=O) groups excluding carboxylic acids is 1. The van der Waals surface area contributed by atoms with Gasteiger partial charge >= 0.3 is 0 Å². The van der Waals surface area contributed by atoms with E-state index in [1.807, 2.05) is 42.4 Å². The van der Waals surface area contributed by atoms with Crippen LogP contribution in [-0.2, 0) is 0 Å². The lowest BCUT2D eigenvalue weighted by atomic mass is 10.1. The fourth-order valence-electron chi connectivity index (χ4n) is 3.32. The Morgan fingerprint density at radius 3 is 2.83 bits per heavy atom. The first-order valence-electron chi connectivity index (χ1n) is 8.02. The van der Waals surface area contributed by atoms with E-state index in [1.54, 1.807) is 0 Å². The van der Waals surface area contributed by atoms with Crippen molar-refractivity contribution in [2.45, 2.75) is 39.7 Å². The van der Waals surface area contributed by atoms with Crippen LogP contribution in [-0.4, -0.2) is 51.3 Å². The number of carbonyl (C=O) groups is 1. The molecule has 2 aromatic rings. The molecule has 0 amide bonds. The van der Waals surface area contributed by atoms with Crippen LogP contribution >= 0.6 is 0 Å². The summed E-state index contributed by atoms with van der Waals surface area (Å²) >= 11 is 0. The topological polar surface area (TPSA) is 71.5 Å². The van der Waals surface area contributed by atoms with E-state index >= 15 is 0 Å². The molecular weight excluding hydrogens is 294 g/mol. The number of hydrogen-bond acceptors (Lipinski definition) is 5. The minimum absolute atomic E-state index is 0.0821. The summed E-state index contributed by atoms with van der Waals surface area (Å²) < 4.78 is 7.08. The van der Waals surface area contributed by atoms with E-state index in [1.165, 1.54) is 0 Å². The number of likely N-dealkylation sites (tertiary alicyclic amines) is 1. The van der Waals surface area contributed by atoms with Gasteiger partial charge in [0, 0.05) is 29.6 Å². The number of aliphatic hydroxyl groups is 1. The van der Waals surface area contributed by atoms with Crippen molar-refractivity contribution in [1.29, 1.82) is 0 Å². The summed E-state index contributed by atoms with van der Waals surface area (Å²) in [5, 5.41) is 13.8. The van der Waals surface area contributed by atoms with Gasteiger partial charge in [0.25, 0.3) is 0 Å². The minimum atomic E-state index is -0.318. The van der Waals surface area contributed by atoms with Crippen LogP contribution in [0.3, 0.4) is 0 Å².